The largest absolute Gasteiger partial charge is 0.242 e. The summed E-state index contributed by atoms with van der Waals surface area (Å²) in [6.45, 7) is 1.81. The van der Waals surface area contributed by atoms with Crippen LogP contribution >= 0.6 is 15.9 Å². The Labute approximate surface area is 66.6 Å². The first-order valence-corrected chi connectivity index (χ1v) is 3.73. The Kier molecular flexibility index (Phi) is 2.32. The maximum atomic E-state index is 12.7. The summed E-state index contributed by atoms with van der Waals surface area (Å²) < 4.78 is 12.7. The van der Waals surface area contributed by atoms with Gasteiger partial charge in [0.2, 0.25) is 0 Å². The zero-order valence-electron chi connectivity index (χ0n) is 5.38. The summed E-state index contributed by atoms with van der Waals surface area (Å²) in [5, 5.41) is 0. The van der Waals surface area contributed by atoms with E-state index < -0.39 is 0 Å². The molecule has 0 aliphatic rings. The Morgan fingerprint density at radius 3 is 2.80 bits per heavy atom. The average Bonchev–Trinajstić information content (AvgIpc) is 1.88. The van der Waals surface area contributed by atoms with Gasteiger partial charge in [-0.25, -0.2) is 14.4 Å². The normalized spacial score (nSPS) is 13.1. The van der Waals surface area contributed by atoms with Crippen molar-refractivity contribution in [1.29, 1.82) is 0 Å². The molecule has 0 saturated heterocycles. The first-order chi connectivity index (χ1) is 4.72. The number of halogens is 2. The molecule has 1 aromatic heterocycles. The quantitative estimate of drug-likeness (QED) is 0.655. The molecule has 0 amide bonds. The van der Waals surface area contributed by atoms with Gasteiger partial charge >= 0.3 is 0 Å². The van der Waals surface area contributed by atoms with E-state index in [-0.39, 0.29) is 10.6 Å². The Balaban J connectivity index is 3.03. The highest BCUT2D eigenvalue weighted by Gasteiger charge is 2.07. The zero-order valence-corrected chi connectivity index (χ0v) is 6.97. The topological polar surface area (TPSA) is 25.8 Å². The van der Waals surface area contributed by atoms with Crippen LogP contribution in [0.3, 0.4) is 0 Å². The molecule has 0 spiro atoms. The van der Waals surface area contributed by atoms with Gasteiger partial charge in [0.25, 0.3) is 0 Å². The molecule has 0 N–H and O–H groups in total. The standard InChI is InChI=1S/C6H6BrFN2/c1-4(7)6-5(8)2-9-3-10-6/h2-4H,1H3. The molecule has 1 unspecified atom stereocenters. The summed E-state index contributed by atoms with van der Waals surface area (Å²) in [5.74, 6) is -0.369. The van der Waals surface area contributed by atoms with Crippen molar-refractivity contribution in [2.45, 2.75) is 11.8 Å². The third-order valence-corrected chi connectivity index (χ3v) is 1.51. The van der Waals surface area contributed by atoms with Crippen molar-refractivity contribution < 1.29 is 4.39 Å². The number of aromatic nitrogens is 2. The Hall–Kier alpha value is -0.510. The number of hydrogen-bond acceptors (Lipinski definition) is 2. The number of alkyl halides is 1. The van der Waals surface area contributed by atoms with Crippen LogP contribution in [0.4, 0.5) is 4.39 Å². The predicted octanol–water partition coefficient (Wildman–Crippen LogP) is 2.07. The van der Waals surface area contributed by atoms with Crippen LogP contribution < -0.4 is 0 Å². The van der Waals surface area contributed by atoms with Crippen LogP contribution in [0.25, 0.3) is 0 Å². The lowest BCUT2D eigenvalue weighted by molar-refractivity contribution is 0.592. The van der Waals surface area contributed by atoms with E-state index in [2.05, 4.69) is 25.9 Å². The molecule has 0 saturated carbocycles. The molecule has 1 aromatic rings. The summed E-state index contributed by atoms with van der Waals surface area (Å²) in [6.07, 6.45) is 2.48. The molecule has 10 heavy (non-hydrogen) atoms. The summed E-state index contributed by atoms with van der Waals surface area (Å²) in [5.41, 5.74) is 0.398. The number of nitrogens with zero attached hydrogens (tertiary/aromatic N) is 2. The van der Waals surface area contributed by atoms with Crippen LogP contribution in [0.2, 0.25) is 0 Å². The molecule has 4 heteroatoms. The maximum absolute atomic E-state index is 12.7. The highest BCUT2D eigenvalue weighted by molar-refractivity contribution is 9.09. The van der Waals surface area contributed by atoms with E-state index in [4.69, 9.17) is 0 Å². The second-order valence-corrected chi connectivity index (χ2v) is 3.25. The van der Waals surface area contributed by atoms with E-state index >= 15 is 0 Å². The molecular formula is C6H6BrFN2. The van der Waals surface area contributed by atoms with Crippen molar-refractivity contribution in [2.75, 3.05) is 0 Å². The fraction of sp³-hybridized carbons (Fsp3) is 0.333. The zero-order chi connectivity index (χ0) is 7.56. The summed E-state index contributed by atoms with van der Waals surface area (Å²) >= 11 is 3.20. The van der Waals surface area contributed by atoms with Gasteiger partial charge in [-0.05, 0) is 6.92 Å². The second kappa shape index (κ2) is 3.05. The molecular weight excluding hydrogens is 199 g/mol. The molecule has 0 aliphatic carbocycles. The Bertz CT molecular complexity index is 227. The first kappa shape index (κ1) is 7.60. The molecule has 0 aromatic carbocycles. The lowest BCUT2D eigenvalue weighted by Crippen LogP contribution is -1.94. The third kappa shape index (κ3) is 1.50. The molecule has 54 valence electrons. The van der Waals surface area contributed by atoms with Crippen molar-refractivity contribution in [3.8, 4) is 0 Å². The molecule has 1 heterocycles. The van der Waals surface area contributed by atoms with Gasteiger partial charge in [0.15, 0.2) is 5.82 Å². The summed E-state index contributed by atoms with van der Waals surface area (Å²) in [7, 11) is 0. The van der Waals surface area contributed by atoms with Gasteiger partial charge in [-0.3, -0.25) is 0 Å². The Morgan fingerprint density at radius 2 is 2.40 bits per heavy atom. The first-order valence-electron chi connectivity index (χ1n) is 2.81. The van der Waals surface area contributed by atoms with Crippen molar-refractivity contribution in [3.63, 3.8) is 0 Å². The molecule has 0 radical (unpaired) electrons. The van der Waals surface area contributed by atoms with Crippen LogP contribution in [0.1, 0.15) is 17.4 Å². The highest BCUT2D eigenvalue weighted by Crippen LogP contribution is 2.20. The minimum atomic E-state index is -0.369. The SMILES string of the molecule is CC(Br)c1ncncc1F. The fourth-order valence-electron chi connectivity index (χ4n) is 0.615. The van der Waals surface area contributed by atoms with E-state index in [1.165, 1.54) is 6.33 Å². The average molecular weight is 205 g/mol. The van der Waals surface area contributed by atoms with Gasteiger partial charge in [0, 0.05) is 0 Å². The van der Waals surface area contributed by atoms with Crippen LogP contribution in [-0.4, -0.2) is 9.97 Å². The molecule has 1 rings (SSSR count). The van der Waals surface area contributed by atoms with E-state index in [0.717, 1.165) is 6.20 Å². The van der Waals surface area contributed by atoms with Crippen molar-refractivity contribution in [1.82, 2.24) is 9.97 Å². The Morgan fingerprint density at radius 1 is 1.70 bits per heavy atom. The highest BCUT2D eigenvalue weighted by atomic mass is 79.9. The molecule has 2 nitrogen and oxygen atoms in total. The molecule has 0 bridgehead atoms. The predicted molar refractivity (Wildman–Crippen MR) is 39.3 cm³/mol. The minimum absolute atomic E-state index is 0.0597. The number of rotatable bonds is 1. The maximum Gasteiger partial charge on any atom is 0.164 e. The number of hydrogen-bond donors (Lipinski definition) is 0. The molecule has 0 fully saturated rings. The van der Waals surface area contributed by atoms with Gasteiger partial charge in [-0.15, -0.1) is 0 Å². The lowest BCUT2D eigenvalue weighted by Gasteiger charge is -2.00. The van der Waals surface area contributed by atoms with Crippen LogP contribution in [0.5, 0.6) is 0 Å². The van der Waals surface area contributed by atoms with E-state index in [1.54, 1.807) is 0 Å². The second-order valence-electron chi connectivity index (χ2n) is 1.87. The molecule has 1 atom stereocenters. The van der Waals surface area contributed by atoms with Crippen molar-refractivity contribution >= 4 is 15.9 Å². The fourth-order valence-corrected chi connectivity index (χ4v) is 0.952. The van der Waals surface area contributed by atoms with Crippen LogP contribution in [-0.2, 0) is 0 Å². The third-order valence-electron chi connectivity index (χ3n) is 1.07. The summed E-state index contributed by atoms with van der Waals surface area (Å²) in [4.78, 5) is 7.21. The van der Waals surface area contributed by atoms with Gasteiger partial charge in [0.05, 0.1) is 16.7 Å². The monoisotopic (exact) mass is 204 g/mol. The van der Waals surface area contributed by atoms with E-state index in [9.17, 15) is 4.39 Å². The van der Waals surface area contributed by atoms with Gasteiger partial charge in [-0.2, -0.15) is 0 Å². The van der Waals surface area contributed by atoms with Gasteiger partial charge < -0.3 is 0 Å². The van der Waals surface area contributed by atoms with Gasteiger partial charge in [0.1, 0.15) is 6.33 Å². The lowest BCUT2D eigenvalue weighted by atomic mass is 10.3. The van der Waals surface area contributed by atoms with E-state index in [0.29, 0.717) is 5.69 Å². The van der Waals surface area contributed by atoms with Crippen molar-refractivity contribution in [2.24, 2.45) is 0 Å². The smallest absolute Gasteiger partial charge is 0.164 e. The summed E-state index contributed by atoms with van der Waals surface area (Å²) in [6, 6.07) is 0. The van der Waals surface area contributed by atoms with Crippen LogP contribution in [0.15, 0.2) is 12.5 Å². The molecule has 0 aliphatic heterocycles. The van der Waals surface area contributed by atoms with Crippen LogP contribution in [0, 0.1) is 5.82 Å². The minimum Gasteiger partial charge on any atom is -0.242 e. The van der Waals surface area contributed by atoms with E-state index in [1.807, 2.05) is 6.92 Å². The van der Waals surface area contributed by atoms with Crippen molar-refractivity contribution in [3.05, 3.63) is 24.0 Å². The van der Waals surface area contributed by atoms with Gasteiger partial charge in [-0.1, -0.05) is 15.9 Å².